The zero-order valence-corrected chi connectivity index (χ0v) is 9.57. The van der Waals surface area contributed by atoms with Gasteiger partial charge in [0.25, 0.3) is 0 Å². The summed E-state index contributed by atoms with van der Waals surface area (Å²) in [6, 6.07) is 4.06. The highest BCUT2D eigenvalue weighted by molar-refractivity contribution is 6.08. The van der Waals surface area contributed by atoms with Gasteiger partial charge in [0.2, 0.25) is 5.78 Å². The molecule has 17 heavy (non-hydrogen) atoms. The average molecular weight is 230 g/mol. The number of rotatable bonds is 2. The predicted molar refractivity (Wildman–Crippen MR) is 61.3 cm³/mol. The van der Waals surface area contributed by atoms with E-state index in [9.17, 15) is 9.18 Å². The fraction of sp³-hybridized carbons (Fsp3) is 0.154. The molecule has 2 rings (SSSR count). The van der Waals surface area contributed by atoms with Crippen molar-refractivity contribution in [3.63, 3.8) is 0 Å². The Labute approximate surface area is 98.3 Å². The first-order valence-electron chi connectivity index (χ1n) is 5.17. The quantitative estimate of drug-likeness (QED) is 0.744. The molecule has 1 heterocycles. The van der Waals surface area contributed by atoms with Crippen LogP contribution in [0.3, 0.4) is 0 Å². The van der Waals surface area contributed by atoms with Crippen LogP contribution in [0.1, 0.15) is 27.3 Å². The summed E-state index contributed by atoms with van der Waals surface area (Å²) in [4.78, 5) is 20.1. The fourth-order valence-corrected chi connectivity index (χ4v) is 1.53. The van der Waals surface area contributed by atoms with Crippen LogP contribution in [0.5, 0.6) is 0 Å². The Balaban J connectivity index is 2.40. The molecule has 2 aromatic rings. The van der Waals surface area contributed by atoms with Crippen LogP contribution >= 0.6 is 0 Å². The topological polar surface area (TPSA) is 42.9 Å². The smallest absolute Gasteiger partial charge is 0.213 e. The summed E-state index contributed by atoms with van der Waals surface area (Å²) in [6.45, 7) is 3.49. The van der Waals surface area contributed by atoms with Crippen LogP contribution in [0.15, 0.2) is 30.6 Å². The van der Waals surface area contributed by atoms with Crippen molar-refractivity contribution in [1.82, 2.24) is 9.97 Å². The van der Waals surface area contributed by atoms with E-state index in [0.717, 1.165) is 5.69 Å². The Morgan fingerprint density at radius 2 is 1.94 bits per heavy atom. The van der Waals surface area contributed by atoms with E-state index in [1.807, 2.05) is 0 Å². The van der Waals surface area contributed by atoms with Gasteiger partial charge in [0.1, 0.15) is 11.5 Å². The summed E-state index contributed by atoms with van der Waals surface area (Å²) in [5.74, 6) is -0.593. The van der Waals surface area contributed by atoms with Crippen molar-refractivity contribution in [3.8, 4) is 0 Å². The molecule has 4 heteroatoms. The first kappa shape index (κ1) is 11.4. The molecule has 1 aromatic heterocycles. The van der Waals surface area contributed by atoms with Gasteiger partial charge in [-0.2, -0.15) is 0 Å². The molecule has 0 fully saturated rings. The Kier molecular flexibility index (Phi) is 2.95. The number of ketones is 1. The SMILES string of the molecule is Cc1cnc(C(=O)c2ccc(F)cc2C)cn1. The molecular formula is C13H11FN2O. The van der Waals surface area contributed by atoms with Crippen LogP contribution in [-0.2, 0) is 0 Å². The molecule has 0 atom stereocenters. The minimum Gasteiger partial charge on any atom is -0.287 e. The van der Waals surface area contributed by atoms with Crippen LogP contribution in [0, 0.1) is 19.7 Å². The van der Waals surface area contributed by atoms with Crippen molar-refractivity contribution in [2.24, 2.45) is 0 Å². The lowest BCUT2D eigenvalue weighted by Gasteiger charge is -2.04. The number of benzene rings is 1. The summed E-state index contributed by atoms with van der Waals surface area (Å²) in [6.07, 6.45) is 2.96. The summed E-state index contributed by atoms with van der Waals surface area (Å²) in [5.41, 5.74) is 2.06. The number of carbonyl (C=O) groups is 1. The maximum atomic E-state index is 12.9. The number of aromatic nitrogens is 2. The molecule has 0 spiro atoms. The number of carbonyl (C=O) groups excluding carboxylic acids is 1. The molecule has 0 saturated carbocycles. The predicted octanol–water partition coefficient (Wildman–Crippen LogP) is 2.46. The molecule has 0 N–H and O–H groups in total. The van der Waals surface area contributed by atoms with Gasteiger partial charge in [0, 0.05) is 11.8 Å². The van der Waals surface area contributed by atoms with E-state index in [-0.39, 0.29) is 17.3 Å². The Bertz CT molecular complexity index is 564. The minimum atomic E-state index is -0.353. The van der Waals surface area contributed by atoms with Crippen LogP contribution in [-0.4, -0.2) is 15.8 Å². The van der Waals surface area contributed by atoms with E-state index in [1.165, 1.54) is 30.6 Å². The van der Waals surface area contributed by atoms with Crippen molar-refractivity contribution in [3.05, 3.63) is 58.9 Å². The number of halogens is 1. The van der Waals surface area contributed by atoms with Gasteiger partial charge < -0.3 is 0 Å². The molecule has 0 aliphatic heterocycles. The van der Waals surface area contributed by atoms with Crippen molar-refractivity contribution < 1.29 is 9.18 Å². The normalized spacial score (nSPS) is 10.3. The second-order valence-electron chi connectivity index (χ2n) is 3.83. The Hall–Kier alpha value is -2.10. The molecule has 0 saturated heterocycles. The first-order valence-corrected chi connectivity index (χ1v) is 5.17. The van der Waals surface area contributed by atoms with Crippen molar-refractivity contribution in [1.29, 1.82) is 0 Å². The lowest BCUT2D eigenvalue weighted by molar-refractivity contribution is 0.103. The number of nitrogens with zero attached hydrogens (tertiary/aromatic N) is 2. The van der Waals surface area contributed by atoms with E-state index < -0.39 is 0 Å². The van der Waals surface area contributed by atoms with Crippen LogP contribution < -0.4 is 0 Å². The molecule has 0 amide bonds. The molecule has 1 aromatic carbocycles. The van der Waals surface area contributed by atoms with Crippen LogP contribution in [0.4, 0.5) is 4.39 Å². The number of aryl methyl sites for hydroxylation is 2. The zero-order valence-electron chi connectivity index (χ0n) is 9.57. The van der Waals surface area contributed by atoms with Crippen molar-refractivity contribution in [2.45, 2.75) is 13.8 Å². The summed E-state index contributed by atoms with van der Waals surface area (Å²) < 4.78 is 12.9. The molecule has 0 aliphatic carbocycles. The zero-order chi connectivity index (χ0) is 12.4. The Morgan fingerprint density at radius 3 is 2.53 bits per heavy atom. The minimum absolute atomic E-state index is 0.241. The largest absolute Gasteiger partial charge is 0.287 e. The van der Waals surface area contributed by atoms with E-state index in [4.69, 9.17) is 0 Å². The second-order valence-corrected chi connectivity index (χ2v) is 3.83. The number of hydrogen-bond acceptors (Lipinski definition) is 3. The van der Waals surface area contributed by atoms with Gasteiger partial charge in [-0.25, -0.2) is 9.37 Å². The van der Waals surface area contributed by atoms with E-state index >= 15 is 0 Å². The second kappa shape index (κ2) is 4.41. The van der Waals surface area contributed by atoms with Crippen LogP contribution in [0.25, 0.3) is 0 Å². The molecule has 3 nitrogen and oxygen atoms in total. The van der Waals surface area contributed by atoms with Crippen LogP contribution in [0.2, 0.25) is 0 Å². The molecule has 0 radical (unpaired) electrons. The van der Waals surface area contributed by atoms with Crippen molar-refractivity contribution in [2.75, 3.05) is 0 Å². The van der Waals surface area contributed by atoms with Gasteiger partial charge in [-0.3, -0.25) is 9.78 Å². The Morgan fingerprint density at radius 1 is 1.18 bits per heavy atom. The van der Waals surface area contributed by atoms with E-state index in [2.05, 4.69) is 9.97 Å². The molecular weight excluding hydrogens is 219 g/mol. The maximum absolute atomic E-state index is 12.9. The van der Waals surface area contributed by atoms with Gasteiger partial charge in [-0.1, -0.05) is 0 Å². The molecule has 0 bridgehead atoms. The maximum Gasteiger partial charge on any atom is 0.213 e. The van der Waals surface area contributed by atoms with Gasteiger partial charge in [0.05, 0.1) is 11.9 Å². The monoisotopic (exact) mass is 230 g/mol. The van der Waals surface area contributed by atoms with Crippen molar-refractivity contribution >= 4 is 5.78 Å². The molecule has 0 unspecified atom stereocenters. The molecule has 0 aliphatic rings. The summed E-state index contributed by atoms with van der Waals surface area (Å²) >= 11 is 0. The summed E-state index contributed by atoms with van der Waals surface area (Å²) in [5, 5.41) is 0. The first-order chi connectivity index (χ1) is 8.08. The number of hydrogen-bond donors (Lipinski definition) is 0. The summed E-state index contributed by atoms with van der Waals surface area (Å²) in [7, 11) is 0. The third kappa shape index (κ3) is 2.36. The molecule has 86 valence electrons. The van der Waals surface area contributed by atoms with Gasteiger partial charge in [-0.05, 0) is 37.6 Å². The van der Waals surface area contributed by atoms with E-state index in [0.29, 0.717) is 11.1 Å². The lowest BCUT2D eigenvalue weighted by Crippen LogP contribution is -2.07. The van der Waals surface area contributed by atoms with Gasteiger partial charge in [-0.15, -0.1) is 0 Å². The highest BCUT2D eigenvalue weighted by Crippen LogP contribution is 2.13. The van der Waals surface area contributed by atoms with Gasteiger partial charge >= 0.3 is 0 Å². The van der Waals surface area contributed by atoms with Gasteiger partial charge in [0.15, 0.2) is 0 Å². The fourth-order valence-electron chi connectivity index (χ4n) is 1.53. The third-order valence-electron chi connectivity index (χ3n) is 2.45. The average Bonchev–Trinajstić information content (AvgIpc) is 2.29. The third-order valence-corrected chi connectivity index (χ3v) is 2.45. The van der Waals surface area contributed by atoms with E-state index in [1.54, 1.807) is 13.8 Å². The highest BCUT2D eigenvalue weighted by atomic mass is 19.1. The standard InChI is InChI=1S/C13H11FN2O/c1-8-5-10(14)3-4-11(8)13(17)12-7-15-9(2)6-16-12/h3-7H,1-2H3. The lowest BCUT2D eigenvalue weighted by atomic mass is 10.0. The highest BCUT2D eigenvalue weighted by Gasteiger charge is 2.13.